The lowest BCUT2D eigenvalue weighted by Crippen LogP contribution is -2.30. The molecular weight excluding hydrogens is 230 g/mol. The van der Waals surface area contributed by atoms with E-state index in [1.165, 1.54) is 7.11 Å². The van der Waals surface area contributed by atoms with Gasteiger partial charge in [-0.05, 0) is 25.2 Å². The minimum atomic E-state index is -2.93. The molecule has 0 saturated carbocycles. The van der Waals surface area contributed by atoms with Gasteiger partial charge in [0.15, 0.2) is 0 Å². The summed E-state index contributed by atoms with van der Waals surface area (Å²) < 4.78 is 27.4. The van der Waals surface area contributed by atoms with Gasteiger partial charge in [-0.15, -0.1) is 0 Å². The van der Waals surface area contributed by atoms with Gasteiger partial charge in [0.05, 0.1) is 18.6 Å². The van der Waals surface area contributed by atoms with E-state index in [-0.39, 0.29) is 29.4 Å². The van der Waals surface area contributed by atoms with Crippen LogP contribution in [0.1, 0.15) is 25.7 Å². The molecule has 0 bridgehead atoms. The molecule has 1 heterocycles. The third kappa shape index (κ3) is 4.09. The van der Waals surface area contributed by atoms with E-state index in [1.54, 1.807) is 0 Å². The summed E-state index contributed by atoms with van der Waals surface area (Å²) in [4.78, 5) is 11.0. The van der Waals surface area contributed by atoms with Crippen molar-refractivity contribution in [3.05, 3.63) is 0 Å². The molecule has 2 N–H and O–H groups in total. The van der Waals surface area contributed by atoms with Crippen LogP contribution in [0.5, 0.6) is 0 Å². The Labute approximate surface area is 96.3 Å². The average Bonchev–Trinajstić information content (AvgIpc) is 2.37. The van der Waals surface area contributed by atoms with Gasteiger partial charge in [-0.3, -0.25) is 4.79 Å². The number of carbonyl (C=O) groups excluding carboxylic acids is 1. The Hall–Kier alpha value is -0.620. The first-order chi connectivity index (χ1) is 7.44. The fourth-order valence-electron chi connectivity index (χ4n) is 1.96. The predicted octanol–water partition coefficient (Wildman–Crippen LogP) is 0.0917. The molecule has 0 unspecified atom stereocenters. The lowest BCUT2D eigenvalue weighted by Gasteiger charge is -2.19. The molecular formula is C10H19NO4S. The van der Waals surface area contributed by atoms with Crippen LogP contribution in [-0.4, -0.2) is 39.0 Å². The zero-order valence-electron chi connectivity index (χ0n) is 9.52. The molecule has 1 aliphatic heterocycles. The molecule has 6 heteroatoms. The summed E-state index contributed by atoms with van der Waals surface area (Å²) in [7, 11) is -1.58. The van der Waals surface area contributed by atoms with Gasteiger partial charge in [0.1, 0.15) is 9.84 Å². The molecule has 1 aliphatic rings. The van der Waals surface area contributed by atoms with Gasteiger partial charge in [0.2, 0.25) is 0 Å². The second-order valence-electron chi connectivity index (χ2n) is 4.27. The van der Waals surface area contributed by atoms with Crippen LogP contribution in [0.2, 0.25) is 0 Å². The Morgan fingerprint density at radius 2 is 2.00 bits per heavy atom. The van der Waals surface area contributed by atoms with Crippen LogP contribution < -0.4 is 5.73 Å². The smallest absolute Gasteiger partial charge is 0.305 e. The van der Waals surface area contributed by atoms with Gasteiger partial charge >= 0.3 is 5.97 Å². The molecule has 1 rings (SSSR count). The molecule has 16 heavy (non-hydrogen) atoms. The molecule has 5 nitrogen and oxygen atoms in total. The molecule has 0 aromatic heterocycles. The summed E-state index contributed by atoms with van der Waals surface area (Å²) in [6.45, 7) is 0. The third-order valence-electron chi connectivity index (χ3n) is 3.11. The molecule has 1 fully saturated rings. The SMILES string of the molecule is COC(=O)CC[C@H]1CCS(=O)(=O)CC[C@H]1N. The van der Waals surface area contributed by atoms with Crippen LogP contribution in [-0.2, 0) is 19.4 Å². The highest BCUT2D eigenvalue weighted by atomic mass is 32.2. The van der Waals surface area contributed by atoms with Crippen LogP contribution in [0, 0.1) is 5.92 Å². The van der Waals surface area contributed by atoms with Crippen LogP contribution in [0.25, 0.3) is 0 Å². The quantitative estimate of drug-likeness (QED) is 0.716. The van der Waals surface area contributed by atoms with Crippen LogP contribution in [0.3, 0.4) is 0 Å². The van der Waals surface area contributed by atoms with E-state index in [9.17, 15) is 13.2 Å². The zero-order chi connectivity index (χ0) is 12.2. The molecule has 94 valence electrons. The van der Waals surface area contributed by atoms with E-state index in [0.29, 0.717) is 25.7 Å². The fraction of sp³-hybridized carbons (Fsp3) is 0.900. The van der Waals surface area contributed by atoms with Crippen molar-refractivity contribution in [1.82, 2.24) is 0 Å². The van der Waals surface area contributed by atoms with Crippen molar-refractivity contribution < 1.29 is 17.9 Å². The summed E-state index contributed by atoms with van der Waals surface area (Å²) in [5, 5.41) is 0. The number of carbonyl (C=O) groups is 1. The summed E-state index contributed by atoms with van der Waals surface area (Å²) in [5.41, 5.74) is 5.91. The first-order valence-electron chi connectivity index (χ1n) is 5.47. The molecule has 0 spiro atoms. The topological polar surface area (TPSA) is 86.5 Å². The van der Waals surface area contributed by atoms with Gasteiger partial charge in [0, 0.05) is 12.5 Å². The summed E-state index contributed by atoms with van der Waals surface area (Å²) >= 11 is 0. The lowest BCUT2D eigenvalue weighted by molar-refractivity contribution is -0.141. The molecule has 0 radical (unpaired) electrons. The number of sulfone groups is 1. The Morgan fingerprint density at radius 1 is 1.38 bits per heavy atom. The highest BCUT2D eigenvalue weighted by molar-refractivity contribution is 7.91. The maximum Gasteiger partial charge on any atom is 0.305 e. The van der Waals surface area contributed by atoms with Crippen molar-refractivity contribution in [2.75, 3.05) is 18.6 Å². The second-order valence-corrected chi connectivity index (χ2v) is 6.57. The van der Waals surface area contributed by atoms with Crippen molar-refractivity contribution >= 4 is 15.8 Å². The minimum absolute atomic E-state index is 0.108. The van der Waals surface area contributed by atoms with Gasteiger partial charge < -0.3 is 10.5 Å². The molecule has 2 atom stereocenters. The maximum atomic E-state index is 11.4. The number of ether oxygens (including phenoxy) is 1. The number of hydrogen-bond donors (Lipinski definition) is 1. The van der Waals surface area contributed by atoms with E-state index < -0.39 is 9.84 Å². The summed E-state index contributed by atoms with van der Waals surface area (Å²) in [6.07, 6.45) is 1.98. The van der Waals surface area contributed by atoms with Crippen LogP contribution in [0.15, 0.2) is 0 Å². The molecule has 0 aromatic carbocycles. The van der Waals surface area contributed by atoms with E-state index in [1.807, 2.05) is 0 Å². The standard InChI is InChI=1S/C10H19NO4S/c1-15-10(12)3-2-8-4-6-16(13,14)7-5-9(8)11/h8-9H,2-7,11H2,1H3/t8-,9+/m0/s1. The first kappa shape index (κ1) is 13.4. The highest BCUT2D eigenvalue weighted by Crippen LogP contribution is 2.22. The average molecular weight is 249 g/mol. The van der Waals surface area contributed by atoms with Crippen molar-refractivity contribution in [3.8, 4) is 0 Å². The van der Waals surface area contributed by atoms with Gasteiger partial charge in [-0.1, -0.05) is 0 Å². The van der Waals surface area contributed by atoms with Crippen LogP contribution >= 0.6 is 0 Å². The molecule has 0 aliphatic carbocycles. The number of nitrogens with two attached hydrogens (primary N) is 1. The molecule has 1 saturated heterocycles. The maximum absolute atomic E-state index is 11.4. The van der Waals surface area contributed by atoms with Gasteiger partial charge in [-0.2, -0.15) is 0 Å². The molecule has 0 amide bonds. The van der Waals surface area contributed by atoms with E-state index in [0.717, 1.165) is 0 Å². The zero-order valence-corrected chi connectivity index (χ0v) is 10.3. The van der Waals surface area contributed by atoms with E-state index in [2.05, 4.69) is 4.74 Å². The number of rotatable bonds is 3. The highest BCUT2D eigenvalue weighted by Gasteiger charge is 2.27. The number of esters is 1. The second kappa shape index (κ2) is 5.63. The normalized spacial score (nSPS) is 29.4. The number of methoxy groups -OCH3 is 1. The Morgan fingerprint density at radius 3 is 2.62 bits per heavy atom. The molecule has 0 aromatic rings. The Balaban J connectivity index is 2.50. The first-order valence-corrected chi connectivity index (χ1v) is 7.29. The fourth-order valence-corrected chi connectivity index (χ4v) is 3.46. The van der Waals surface area contributed by atoms with Crippen molar-refractivity contribution in [2.24, 2.45) is 11.7 Å². The largest absolute Gasteiger partial charge is 0.469 e. The minimum Gasteiger partial charge on any atom is -0.469 e. The van der Waals surface area contributed by atoms with Crippen molar-refractivity contribution in [2.45, 2.75) is 31.7 Å². The Kier molecular flexibility index (Phi) is 4.73. The number of hydrogen-bond acceptors (Lipinski definition) is 5. The Bertz CT molecular complexity index is 339. The summed E-state index contributed by atoms with van der Waals surface area (Å²) in [5.74, 6) is 0.200. The van der Waals surface area contributed by atoms with E-state index in [4.69, 9.17) is 5.73 Å². The predicted molar refractivity (Wildman–Crippen MR) is 60.6 cm³/mol. The van der Waals surface area contributed by atoms with Crippen molar-refractivity contribution in [1.29, 1.82) is 0 Å². The van der Waals surface area contributed by atoms with Gasteiger partial charge in [0.25, 0.3) is 0 Å². The van der Waals surface area contributed by atoms with Gasteiger partial charge in [-0.25, -0.2) is 8.42 Å². The van der Waals surface area contributed by atoms with Crippen molar-refractivity contribution in [3.63, 3.8) is 0 Å². The van der Waals surface area contributed by atoms with E-state index >= 15 is 0 Å². The lowest BCUT2D eigenvalue weighted by atomic mass is 9.91. The van der Waals surface area contributed by atoms with Crippen LogP contribution in [0.4, 0.5) is 0 Å². The third-order valence-corrected chi connectivity index (χ3v) is 4.83. The summed E-state index contributed by atoms with van der Waals surface area (Å²) in [6, 6.07) is -0.123. The monoisotopic (exact) mass is 249 g/mol.